The first-order valence-electron chi connectivity index (χ1n) is 9.17. The zero-order valence-corrected chi connectivity index (χ0v) is 13.7. The molecule has 0 bridgehead atoms. The quantitative estimate of drug-likeness (QED) is 0.667. The smallest absolute Gasteiger partial charge is 0.139 e. The van der Waals surface area contributed by atoms with Crippen LogP contribution in [-0.2, 0) is 9.53 Å². The summed E-state index contributed by atoms with van der Waals surface area (Å²) >= 11 is 0. The third-order valence-electron chi connectivity index (χ3n) is 8.10. The van der Waals surface area contributed by atoms with Crippen molar-refractivity contribution in [2.24, 2.45) is 34.5 Å². The highest BCUT2D eigenvalue weighted by molar-refractivity contribution is 5.87. The molecular formula is C19H30O2. The Labute approximate surface area is 129 Å². The Balaban J connectivity index is 1.65. The van der Waals surface area contributed by atoms with E-state index in [-0.39, 0.29) is 5.41 Å². The molecule has 0 aromatic carbocycles. The molecule has 0 aromatic rings. The van der Waals surface area contributed by atoms with Gasteiger partial charge in [-0.15, -0.1) is 0 Å². The average molecular weight is 290 g/mol. The summed E-state index contributed by atoms with van der Waals surface area (Å²) in [5.74, 6) is 3.69. The van der Waals surface area contributed by atoms with Gasteiger partial charge in [0.25, 0.3) is 0 Å². The zero-order valence-electron chi connectivity index (χ0n) is 13.7. The maximum atomic E-state index is 12.4. The van der Waals surface area contributed by atoms with Crippen molar-refractivity contribution in [2.75, 3.05) is 13.2 Å². The first-order valence-corrected chi connectivity index (χ1v) is 9.17. The maximum Gasteiger partial charge on any atom is 0.139 e. The van der Waals surface area contributed by atoms with Crippen molar-refractivity contribution in [3.8, 4) is 0 Å². The molecule has 1 saturated heterocycles. The Kier molecular flexibility index (Phi) is 3.26. The summed E-state index contributed by atoms with van der Waals surface area (Å²) < 4.78 is 5.88. The van der Waals surface area contributed by atoms with Gasteiger partial charge in [0.1, 0.15) is 5.78 Å². The number of fused-ring (bicyclic) bond motifs is 5. The maximum absolute atomic E-state index is 12.4. The van der Waals surface area contributed by atoms with Gasteiger partial charge in [0.2, 0.25) is 0 Å². The van der Waals surface area contributed by atoms with E-state index >= 15 is 0 Å². The predicted octanol–water partition coefficient (Wildman–Crippen LogP) is 4.22. The van der Waals surface area contributed by atoms with Gasteiger partial charge in [-0.25, -0.2) is 0 Å². The molecule has 0 aromatic heterocycles. The van der Waals surface area contributed by atoms with E-state index in [1.54, 1.807) is 0 Å². The summed E-state index contributed by atoms with van der Waals surface area (Å²) in [6, 6.07) is 0. The number of hydrogen-bond donors (Lipinski definition) is 0. The highest BCUT2D eigenvalue weighted by atomic mass is 16.5. The summed E-state index contributed by atoms with van der Waals surface area (Å²) in [6.45, 7) is 6.79. The Hall–Kier alpha value is -0.370. The zero-order chi connectivity index (χ0) is 14.7. The Bertz CT molecular complexity index is 445. The third kappa shape index (κ3) is 1.90. The molecule has 4 rings (SSSR count). The Morgan fingerprint density at radius 1 is 1.05 bits per heavy atom. The van der Waals surface area contributed by atoms with E-state index in [9.17, 15) is 4.79 Å². The number of hydrogen-bond acceptors (Lipinski definition) is 2. The Morgan fingerprint density at radius 3 is 2.76 bits per heavy atom. The molecule has 1 aliphatic heterocycles. The number of rotatable bonds is 0. The van der Waals surface area contributed by atoms with Crippen LogP contribution in [0.2, 0.25) is 0 Å². The summed E-state index contributed by atoms with van der Waals surface area (Å²) in [4.78, 5) is 12.4. The van der Waals surface area contributed by atoms with E-state index in [4.69, 9.17) is 4.74 Å². The van der Waals surface area contributed by atoms with Crippen LogP contribution in [0, 0.1) is 34.5 Å². The van der Waals surface area contributed by atoms with Gasteiger partial charge in [-0.2, -0.15) is 0 Å². The van der Waals surface area contributed by atoms with Crippen molar-refractivity contribution in [1.29, 1.82) is 0 Å². The van der Waals surface area contributed by atoms with Crippen LogP contribution in [0.15, 0.2) is 0 Å². The second-order valence-electron chi connectivity index (χ2n) is 8.75. The first kappa shape index (κ1) is 14.2. The molecule has 3 aliphatic carbocycles. The minimum absolute atomic E-state index is 0.0333. The van der Waals surface area contributed by atoms with Gasteiger partial charge in [-0.05, 0) is 74.0 Å². The van der Waals surface area contributed by atoms with Gasteiger partial charge in [-0.3, -0.25) is 4.79 Å². The van der Waals surface area contributed by atoms with Gasteiger partial charge in [0, 0.05) is 25.0 Å². The van der Waals surface area contributed by atoms with Gasteiger partial charge in [0.05, 0.1) is 0 Å². The molecule has 2 unspecified atom stereocenters. The fourth-order valence-corrected chi connectivity index (χ4v) is 6.75. The highest BCUT2D eigenvalue weighted by Gasteiger charge is 2.59. The molecule has 4 fully saturated rings. The molecule has 2 nitrogen and oxygen atoms in total. The number of ketones is 1. The van der Waals surface area contributed by atoms with E-state index in [0.717, 1.165) is 43.8 Å². The van der Waals surface area contributed by atoms with Crippen molar-refractivity contribution in [3.05, 3.63) is 0 Å². The van der Waals surface area contributed by atoms with Crippen LogP contribution >= 0.6 is 0 Å². The van der Waals surface area contributed by atoms with E-state index < -0.39 is 0 Å². The lowest BCUT2D eigenvalue weighted by Gasteiger charge is -2.57. The van der Waals surface area contributed by atoms with E-state index in [1.165, 1.54) is 38.5 Å². The molecule has 2 heteroatoms. The highest BCUT2D eigenvalue weighted by Crippen LogP contribution is 2.64. The monoisotopic (exact) mass is 290 g/mol. The van der Waals surface area contributed by atoms with E-state index in [0.29, 0.717) is 17.1 Å². The second-order valence-corrected chi connectivity index (χ2v) is 8.75. The lowest BCUT2D eigenvalue weighted by atomic mass is 9.47. The number of carbonyl (C=O) groups excluding carboxylic acids is 1. The first-order chi connectivity index (χ1) is 10.1. The largest absolute Gasteiger partial charge is 0.381 e. The summed E-state index contributed by atoms with van der Waals surface area (Å²) in [7, 11) is 0. The molecule has 3 saturated carbocycles. The van der Waals surface area contributed by atoms with Crippen LogP contribution < -0.4 is 0 Å². The van der Waals surface area contributed by atoms with Crippen LogP contribution in [0.5, 0.6) is 0 Å². The van der Waals surface area contributed by atoms with Gasteiger partial charge in [0.15, 0.2) is 0 Å². The van der Waals surface area contributed by atoms with Crippen LogP contribution in [0.1, 0.15) is 65.2 Å². The standard InChI is InChI=1S/C19H30O2/c1-18-9-3-11-21-12-13(18)4-5-14-15-6-7-17(20)19(15,2)10-8-16(14)18/h13-16H,3-12H2,1-2H3/t13-,14-,15?,16?,18-,19-/m0/s1. The molecule has 6 atom stereocenters. The second kappa shape index (κ2) is 4.81. The fourth-order valence-electron chi connectivity index (χ4n) is 6.75. The Morgan fingerprint density at radius 2 is 1.90 bits per heavy atom. The summed E-state index contributed by atoms with van der Waals surface area (Å²) in [6.07, 6.45) is 9.73. The predicted molar refractivity (Wildman–Crippen MR) is 82.9 cm³/mol. The number of Topliss-reactive ketones (excluding diaryl/α,β-unsaturated/α-hetero) is 1. The molecule has 4 aliphatic rings. The van der Waals surface area contributed by atoms with Crippen LogP contribution in [0.3, 0.4) is 0 Å². The minimum atomic E-state index is 0.0333. The van der Waals surface area contributed by atoms with Crippen molar-refractivity contribution < 1.29 is 9.53 Å². The number of ether oxygens (including phenoxy) is 1. The fraction of sp³-hybridized carbons (Fsp3) is 0.947. The van der Waals surface area contributed by atoms with E-state index in [2.05, 4.69) is 13.8 Å². The molecule has 1 heterocycles. The minimum Gasteiger partial charge on any atom is -0.381 e. The van der Waals surface area contributed by atoms with Gasteiger partial charge in [-0.1, -0.05) is 13.8 Å². The topological polar surface area (TPSA) is 26.3 Å². The lowest BCUT2D eigenvalue weighted by molar-refractivity contribution is -0.137. The van der Waals surface area contributed by atoms with Gasteiger partial charge < -0.3 is 4.74 Å². The molecule has 0 amide bonds. The van der Waals surface area contributed by atoms with Crippen molar-refractivity contribution in [2.45, 2.75) is 65.2 Å². The molecule has 21 heavy (non-hydrogen) atoms. The third-order valence-corrected chi connectivity index (χ3v) is 8.10. The molecule has 0 radical (unpaired) electrons. The van der Waals surface area contributed by atoms with Crippen LogP contribution in [-0.4, -0.2) is 19.0 Å². The molecule has 118 valence electrons. The van der Waals surface area contributed by atoms with Crippen molar-refractivity contribution in [1.82, 2.24) is 0 Å². The van der Waals surface area contributed by atoms with Crippen molar-refractivity contribution in [3.63, 3.8) is 0 Å². The van der Waals surface area contributed by atoms with Crippen molar-refractivity contribution >= 4 is 5.78 Å². The molecule has 0 N–H and O–H groups in total. The lowest BCUT2D eigenvalue weighted by Crippen LogP contribution is -2.52. The number of carbonyl (C=O) groups is 1. The van der Waals surface area contributed by atoms with Crippen LogP contribution in [0.4, 0.5) is 0 Å². The normalized spacial score (nSPS) is 53.5. The van der Waals surface area contributed by atoms with Crippen LogP contribution in [0.25, 0.3) is 0 Å². The van der Waals surface area contributed by atoms with E-state index in [1.807, 2.05) is 0 Å². The van der Waals surface area contributed by atoms with Gasteiger partial charge >= 0.3 is 0 Å². The average Bonchev–Trinajstić information content (AvgIpc) is 2.65. The summed E-state index contributed by atoms with van der Waals surface area (Å²) in [5, 5.41) is 0. The SMILES string of the molecule is C[C@]12CCC3[C@@H](CC[C@H]4COCCC[C@]34C)C1CCC2=O. The molecular weight excluding hydrogens is 260 g/mol. The summed E-state index contributed by atoms with van der Waals surface area (Å²) in [5.41, 5.74) is 0.512. The molecule has 0 spiro atoms.